The van der Waals surface area contributed by atoms with E-state index in [1.165, 1.54) is 4.88 Å². The molecule has 1 N–H and O–H groups in total. The molecule has 1 aromatic carbocycles. The summed E-state index contributed by atoms with van der Waals surface area (Å²) in [6, 6.07) is 11.9. The number of rotatable bonds is 6. The van der Waals surface area contributed by atoms with E-state index < -0.39 is 6.10 Å². The van der Waals surface area contributed by atoms with Gasteiger partial charge in [-0.25, -0.2) is 0 Å². The van der Waals surface area contributed by atoms with Crippen molar-refractivity contribution in [3.8, 4) is 5.75 Å². The van der Waals surface area contributed by atoms with Gasteiger partial charge in [-0.2, -0.15) is 0 Å². The van der Waals surface area contributed by atoms with Crippen LogP contribution in [-0.2, 0) is 6.42 Å². The molecule has 1 heterocycles. The van der Waals surface area contributed by atoms with Gasteiger partial charge in [0.2, 0.25) is 0 Å². The molecule has 0 fully saturated rings. The summed E-state index contributed by atoms with van der Waals surface area (Å²) in [7, 11) is 0. The van der Waals surface area contributed by atoms with E-state index in [4.69, 9.17) is 4.74 Å². The molecule has 2 rings (SSSR count). The summed E-state index contributed by atoms with van der Waals surface area (Å²) in [5.74, 6) is 0.822. The van der Waals surface area contributed by atoms with Crippen LogP contribution < -0.4 is 4.74 Å². The standard InChI is InChI=1S/C16H20O2S/c1-12(2)18-14-6-3-5-13(11-14)16(17)9-8-15-7-4-10-19-15/h3-7,10-12,16-17H,8-9H2,1-2H3. The van der Waals surface area contributed by atoms with E-state index in [1.807, 2.05) is 44.2 Å². The van der Waals surface area contributed by atoms with E-state index in [0.29, 0.717) is 0 Å². The summed E-state index contributed by atoms with van der Waals surface area (Å²) in [6.45, 7) is 4.00. The third-order valence-electron chi connectivity index (χ3n) is 2.86. The first kappa shape index (κ1) is 14.1. The molecule has 2 aromatic rings. The van der Waals surface area contributed by atoms with Gasteiger partial charge in [-0.1, -0.05) is 18.2 Å². The van der Waals surface area contributed by atoms with Crippen LogP contribution in [0.4, 0.5) is 0 Å². The molecule has 1 unspecified atom stereocenters. The highest BCUT2D eigenvalue weighted by atomic mass is 32.1. The summed E-state index contributed by atoms with van der Waals surface area (Å²) in [5.41, 5.74) is 0.926. The van der Waals surface area contributed by atoms with Crippen LogP contribution in [0.15, 0.2) is 41.8 Å². The summed E-state index contributed by atoms with van der Waals surface area (Å²) in [6.07, 6.45) is 1.37. The van der Waals surface area contributed by atoms with Crippen LogP contribution in [0.25, 0.3) is 0 Å². The zero-order valence-corrected chi connectivity index (χ0v) is 12.2. The van der Waals surface area contributed by atoms with Crippen LogP contribution in [0.1, 0.15) is 36.8 Å². The Labute approximate surface area is 118 Å². The molecule has 0 spiro atoms. The summed E-state index contributed by atoms with van der Waals surface area (Å²) in [5, 5.41) is 12.3. The van der Waals surface area contributed by atoms with Gasteiger partial charge in [0.25, 0.3) is 0 Å². The number of hydrogen-bond donors (Lipinski definition) is 1. The first-order chi connectivity index (χ1) is 9.15. The highest BCUT2D eigenvalue weighted by Crippen LogP contribution is 2.24. The largest absolute Gasteiger partial charge is 0.491 e. The number of aliphatic hydroxyl groups excluding tert-OH is 1. The second kappa shape index (κ2) is 6.73. The molecule has 3 heteroatoms. The van der Waals surface area contributed by atoms with Crippen molar-refractivity contribution in [1.82, 2.24) is 0 Å². The Hall–Kier alpha value is -1.32. The van der Waals surface area contributed by atoms with Gasteiger partial charge < -0.3 is 9.84 Å². The second-order valence-electron chi connectivity index (χ2n) is 4.87. The van der Waals surface area contributed by atoms with E-state index in [-0.39, 0.29) is 6.10 Å². The van der Waals surface area contributed by atoms with Crippen LogP contribution in [0.5, 0.6) is 5.75 Å². The maximum absolute atomic E-state index is 10.2. The molecule has 0 radical (unpaired) electrons. The molecule has 1 atom stereocenters. The molecule has 0 bridgehead atoms. The van der Waals surface area contributed by atoms with E-state index in [2.05, 4.69) is 11.4 Å². The molecule has 2 nitrogen and oxygen atoms in total. The predicted molar refractivity (Wildman–Crippen MR) is 79.8 cm³/mol. The topological polar surface area (TPSA) is 29.5 Å². The fraction of sp³-hybridized carbons (Fsp3) is 0.375. The molecule has 102 valence electrons. The van der Waals surface area contributed by atoms with Crippen molar-refractivity contribution in [1.29, 1.82) is 0 Å². The van der Waals surface area contributed by atoms with Gasteiger partial charge in [0, 0.05) is 4.88 Å². The summed E-state index contributed by atoms with van der Waals surface area (Å²) >= 11 is 1.74. The number of aryl methyl sites for hydroxylation is 1. The number of aliphatic hydroxyl groups is 1. The molecule has 1 aromatic heterocycles. The second-order valence-corrected chi connectivity index (χ2v) is 5.91. The smallest absolute Gasteiger partial charge is 0.120 e. The Balaban J connectivity index is 1.96. The minimum atomic E-state index is -0.433. The third kappa shape index (κ3) is 4.37. The van der Waals surface area contributed by atoms with Gasteiger partial charge >= 0.3 is 0 Å². The minimum Gasteiger partial charge on any atom is -0.491 e. The van der Waals surface area contributed by atoms with Crippen molar-refractivity contribution in [3.05, 3.63) is 52.2 Å². The lowest BCUT2D eigenvalue weighted by molar-refractivity contribution is 0.167. The molecule has 0 aliphatic carbocycles. The van der Waals surface area contributed by atoms with E-state index in [9.17, 15) is 5.11 Å². The molecule has 19 heavy (non-hydrogen) atoms. The van der Waals surface area contributed by atoms with E-state index >= 15 is 0 Å². The van der Waals surface area contributed by atoms with Gasteiger partial charge in [0.05, 0.1) is 12.2 Å². The van der Waals surface area contributed by atoms with Gasteiger partial charge in [-0.05, 0) is 55.8 Å². The van der Waals surface area contributed by atoms with Crippen molar-refractivity contribution in [2.24, 2.45) is 0 Å². The van der Waals surface area contributed by atoms with Gasteiger partial charge in [0.1, 0.15) is 5.75 Å². The SMILES string of the molecule is CC(C)Oc1cccc(C(O)CCc2cccs2)c1. The number of ether oxygens (including phenoxy) is 1. The zero-order chi connectivity index (χ0) is 13.7. The lowest BCUT2D eigenvalue weighted by Gasteiger charge is -2.14. The Morgan fingerprint density at radius 1 is 1.21 bits per heavy atom. The predicted octanol–water partition coefficient (Wildman–Crippen LogP) is 4.20. The van der Waals surface area contributed by atoms with E-state index in [0.717, 1.165) is 24.2 Å². The molecule has 0 amide bonds. The average molecular weight is 276 g/mol. The highest BCUT2D eigenvalue weighted by molar-refractivity contribution is 7.09. The lowest BCUT2D eigenvalue weighted by atomic mass is 10.0. The number of thiophene rings is 1. The average Bonchev–Trinajstić information content (AvgIpc) is 2.88. The molecular weight excluding hydrogens is 256 g/mol. The van der Waals surface area contributed by atoms with Gasteiger partial charge in [-0.3, -0.25) is 0 Å². The first-order valence-corrected chi connectivity index (χ1v) is 7.50. The highest BCUT2D eigenvalue weighted by Gasteiger charge is 2.09. The van der Waals surface area contributed by atoms with E-state index in [1.54, 1.807) is 11.3 Å². The van der Waals surface area contributed by atoms with Crippen molar-refractivity contribution in [2.75, 3.05) is 0 Å². The van der Waals surface area contributed by atoms with Crippen LogP contribution in [0.3, 0.4) is 0 Å². The summed E-state index contributed by atoms with van der Waals surface area (Å²) in [4.78, 5) is 1.31. The fourth-order valence-corrected chi connectivity index (χ4v) is 2.69. The molecule has 0 saturated carbocycles. The Morgan fingerprint density at radius 3 is 2.74 bits per heavy atom. The maximum Gasteiger partial charge on any atom is 0.120 e. The van der Waals surface area contributed by atoms with Crippen LogP contribution in [-0.4, -0.2) is 11.2 Å². The first-order valence-electron chi connectivity index (χ1n) is 6.62. The summed E-state index contributed by atoms with van der Waals surface area (Å²) < 4.78 is 5.65. The lowest BCUT2D eigenvalue weighted by Crippen LogP contribution is -2.06. The normalized spacial score (nSPS) is 12.6. The van der Waals surface area contributed by atoms with Crippen LogP contribution in [0, 0.1) is 0 Å². The number of benzene rings is 1. The monoisotopic (exact) mass is 276 g/mol. The van der Waals surface area contributed by atoms with Crippen molar-refractivity contribution < 1.29 is 9.84 Å². The Kier molecular flexibility index (Phi) is 5.00. The van der Waals surface area contributed by atoms with Crippen molar-refractivity contribution >= 4 is 11.3 Å². The third-order valence-corrected chi connectivity index (χ3v) is 3.80. The van der Waals surface area contributed by atoms with Gasteiger partial charge in [0.15, 0.2) is 0 Å². The molecular formula is C16H20O2S. The number of hydrogen-bond acceptors (Lipinski definition) is 3. The molecule has 0 saturated heterocycles. The zero-order valence-electron chi connectivity index (χ0n) is 11.4. The molecule has 0 aliphatic heterocycles. The quantitative estimate of drug-likeness (QED) is 0.856. The Bertz CT molecular complexity index is 491. The van der Waals surface area contributed by atoms with Crippen LogP contribution in [0.2, 0.25) is 0 Å². The van der Waals surface area contributed by atoms with Gasteiger partial charge in [-0.15, -0.1) is 11.3 Å². The maximum atomic E-state index is 10.2. The minimum absolute atomic E-state index is 0.151. The van der Waals surface area contributed by atoms with Crippen LogP contribution >= 0.6 is 11.3 Å². The van der Waals surface area contributed by atoms with Crippen molar-refractivity contribution in [3.63, 3.8) is 0 Å². The van der Waals surface area contributed by atoms with Crippen molar-refractivity contribution in [2.45, 2.75) is 38.9 Å². The fourth-order valence-electron chi connectivity index (χ4n) is 1.97. The Morgan fingerprint density at radius 2 is 2.05 bits per heavy atom. The molecule has 0 aliphatic rings.